The molecule has 2 fully saturated rings. The second-order valence-corrected chi connectivity index (χ2v) is 8.73. The van der Waals surface area contributed by atoms with Crippen LogP contribution in [-0.2, 0) is 12.0 Å². The molecule has 27 heavy (non-hydrogen) atoms. The summed E-state index contributed by atoms with van der Waals surface area (Å²) >= 11 is 6.39. The third-order valence-corrected chi connectivity index (χ3v) is 6.99. The summed E-state index contributed by atoms with van der Waals surface area (Å²) in [6.07, 6.45) is 6.68. The van der Waals surface area contributed by atoms with Crippen molar-refractivity contribution in [2.75, 3.05) is 11.9 Å². The summed E-state index contributed by atoms with van der Waals surface area (Å²) in [4.78, 5) is 15.0. The van der Waals surface area contributed by atoms with Gasteiger partial charge in [0.05, 0.1) is 5.54 Å². The Labute approximate surface area is 165 Å². The van der Waals surface area contributed by atoms with Crippen LogP contribution in [0.5, 0.6) is 0 Å². The Morgan fingerprint density at radius 3 is 2.70 bits per heavy atom. The van der Waals surface area contributed by atoms with Crippen molar-refractivity contribution in [2.24, 2.45) is 0 Å². The first kappa shape index (κ1) is 17.1. The average Bonchev–Trinajstić information content (AvgIpc) is 3.46. The van der Waals surface area contributed by atoms with Gasteiger partial charge in [0, 0.05) is 28.9 Å². The maximum atomic E-state index is 12.9. The fraction of sp³-hybridized carbons (Fsp3) is 0.435. The number of rotatable bonds is 4. The largest absolute Gasteiger partial charge is 0.375 e. The molecule has 1 N–H and O–H groups in total. The monoisotopic (exact) mass is 380 g/mol. The summed E-state index contributed by atoms with van der Waals surface area (Å²) < 4.78 is 0. The first-order valence-electron chi connectivity index (χ1n) is 10.1. The van der Waals surface area contributed by atoms with Crippen molar-refractivity contribution in [3.63, 3.8) is 0 Å². The lowest BCUT2D eigenvalue weighted by Crippen LogP contribution is -2.43. The lowest BCUT2D eigenvalue weighted by atomic mass is 9.70. The SMILES string of the molecule is Cc1c(Cl)cccc1C1(Nc2ccc3c(c2)C(=O)N(C2CC2)CC3)CCC1. The number of hydrogen-bond acceptors (Lipinski definition) is 2. The van der Waals surface area contributed by atoms with E-state index in [4.69, 9.17) is 11.6 Å². The minimum absolute atomic E-state index is 0.0723. The van der Waals surface area contributed by atoms with Crippen LogP contribution < -0.4 is 5.32 Å². The highest BCUT2D eigenvalue weighted by Gasteiger charge is 2.40. The Bertz CT molecular complexity index is 915. The molecule has 0 radical (unpaired) electrons. The molecule has 0 atom stereocenters. The lowest BCUT2D eigenvalue weighted by molar-refractivity contribution is 0.0727. The van der Waals surface area contributed by atoms with Gasteiger partial charge in [0.15, 0.2) is 0 Å². The zero-order chi connectivity index (χ0) is 18.6. The van der Waals surface area contributed by atoms with E-state index in [0.717, 1.165) is 60.5 Å². The maximum Gasteiger partial charge on any atom is 0.254 e. The quantitative estimate of drug-likeness (QED) is 0.780. The van der Waals surface area contributed by atoms with Crippen LogP contribution in [0.1, 0.15) is 59.2 Å². The van der Waals surface area contributed by atoms with E-state index in [1.807, 2.05) is 12.1 Å². The van der Waals surface area contributed by atoms with Crippen LogP contribution in [0.4, 0.5) is 5.69 Å². The van der Waals surface area contributed by atoms with Crippen LogP contribution in [0.2, 0.25) is 5.02 Å². The molecule has 3 aliphatic rings. The predicted octanol–water partition coefficient (Wildman–Crippen LogP) is 5.30. The number of nitrogens with zero attached hydrogens (tertiary/aromatic N) is 1. The molecule has 5 rings (SSSR count). The average molecular weight is 381 g/mol. The minimum atomic E-state index is -0.0723. The van der Waals surface area contributed by atoms with Crippen LogP contribution in [0.25, 0.3) is 0 Å². The Morgan fingerprint density at radius 1 is 1.19 bits per heavy atom. The predicted molar refractivity (Wildman–Crippen MR) is 110 cm³/mol. The smallest absolute Gasteiger partial charge is 0.254 e. The molecule has 0 spiro atoms. The number of carbonyl (C=O) groups is 1. The third-order valence-electron chi connectivity index (χ3n) is 6.58. The van der Waals surface area contributed by atoms with E-state index in [0.29, 0.717) is 6.04 Å². The Morgan fingerprint density at radius 2 is 2.00 bits per heavy atom. The fourth-order valence-electron chi connectivity index (χ4n) is 4.70. The van der Waals surface area contributed by atoms with Crippen molar-refractivity contribution in [1.29, 1.82) is 0 Å². The molecule has 140 valence electrons. The first-order chi connectivity index (χ1) is 13.1. The molecular formula is C23H25ClN2O. The summed E-state index contributed by atoms with van der Waals surface area (Å²) in [6.45, 7) is 2.97. The summed E-state index contributed by atoms with van der Waals surface area (Å²) in [5, 5.41) is 4.60. The number of anilines is 1. The molecule has 2 aromatic rings. The van der Waals surface area contributed by atoms with Crippen LogP contribution >= 0.6 is 11.6 Å². The molecule has 0 aromatic heterocycles. The summed E-state index contributed by atoms with van der Waals surface area (Å²) in [5.41, 5.74) is 5.47. The van der Waals surface area contributed by atoms with Crippen molar-refractivity contribution in [3.8, 4) is 0 Å². The highest BCUT2D eigenvalue weighted by molar-refractivity contribution is 6.31. The topological polar surface area (TPSA) is 32.3 Å². The van der Waals surface area contributed by atoms with E-state index < -0.39 is 0 Å². The minimum Gasteiger partial charge on any atom is -0.375 e. The van der Waals surface area contributed by atoms with Gasteiger partial charge < -0.3 is 10.2 Å². The maximum absolute atomic E-state index is 12.9. The number of halogens is 1. The molecule has 2 aromatic carbocycles. The molecule has 0 saturated heterocycles. The normalized spacial score (nSPS) is 20.8. The number of amides is 1. The van der Waals surface area contributed by atoms with Gasteiger partial charge >= 0.3 is 0 Å². The highest BCUT2D eigenvalue weighted by atomic mass is 35.5. The van der Waals surface area contributed by atoms with Gasteiger partial charge in [-0.1, -0.05) is 29.8 Å². The molecule has 4 heteroatoms. The van der Waals surface area contributed by atoms with E-state index in [2.05, 4.69) is 41.4 Å². The van der Waals surface area contributed by atoms with Crippen LogP contribution in [-0.4, -0.2) is 23.4 Å². The number of benzene rings is 2. The Hall–Kier alpha value is -2.00. The molecule has 0 unspecified atom stereocenters. The number of nitrogens with one attached hydrogen (secondary N) is 1. The molecule has 1 aliphatic heterocycles. The molecule has 2 aliphatic carbocycles. The zero-order valence-electron chi connectivity index (χ0n) is 15.7. The molecular weight excluding hydrogens is 356 g/mol. The van der Waals surface area contributed by atoms with Crippen molar-refractivity contribution in [2.45, 2.75) is 57.0 Å². The molecule has 0 bridgehead atoms. The van der Waals surface area contributed by atoms with Crippen LogP contribution in [0.3, 0.4) is 0 Å². The summed E-state index contributed by atoms with van der Waals surface area (Å²) in [6, 6.07) is 13.0. The van der Waals surface area contributed by atoms with Gasteiger partial charge in [-0.2, -0.15) is 0 Å². The van der Waals surface area contributed by atoms with Crippen molar-refractivity contribution in [1.82, 2.24) is 4.90 Å². The first-order valence-corrected chi connectivity index (χ1v) is 10.4. The van der Waals surface area contributed by atoms with E-state index in [1.54, 1.807) is 0 Å². The fourth-order valence-corrected chi connectivity index (χ4v) is 4.87. The molecule has 2 saturated carbocycles. The Balaban J connectivity index is 1.47. The second kappa shape index (κ2) is 6.27. The highest BCUT2D eigenvalue weighted by Crippen LogP contribution is 2.46. The van der Waals surface area contributed by atoms with Crippen LogP contribution in [0.15, 0.2) is 36.4 Å². The molecule has 1 heterocycles. The third kappa shape index (κ3) is 2.84. The van der Waals surface area contributed by atoms with Crippen molar-refractivity contribution in [3.05, 3.63) is 63.7 Å². The second-order valence-electron chi connectivity index (χ2n) is 8.32. The zero-order valence-corrected chi connectivity index (χ0v) is 16.5. The summed E-state index contributed by atoms with van der Waals surface area (Å²) in [7, 11) is 0. The van der Waals surface area contributed by atoms with Crippen molar-refractivity contribution < 1.29 is 4.79 Å². The van der Waals surface area contributed by atoms with Gasteiger partial charge in [0.1, 0.15) is 0 Å². The Kier molecular flexibility index (Phi) is 3.98. The van der Waals surface area contributed by atoms with E-state index in [1.165, 1.54) is 17.5 Å². The number of carbonyl (C=O) groups excluding carboxylic acids is 1. The van der Waals surface area contributed by atoms with E-state index in [-0.39, 0.29) is 11.4 Å². The lowest BCUT2D eigenvalue weighted by Gasteiger charge is -2.45. The van der Waals surface area contributed by atoms with Crippen molar-refractivity contribution >= 4 is 23.2 Å². The van der Waals surface area contributed by atoms with Gasteiger partial charge in [-0.3, -0.25) is 4.79 Å². The van der Waals surface area contributed by atoms with Gasteiger partial charge in [-0.05, 0) is 80.3 Å². The van der Waals surface area contributed by atoms with Crippen LogP contribution in [0, 0.1) is 6.92 Å². The number of hydrogen-bond donors (Lipinski definition) is 1. The van der Waals surface area contributed by atoms with E-state index >= 15 is 0 Å². The summed E-state index contributed by atoms with van der Waals surface area (Å²) in [5.74, 6) is 0.212. The number of fused-ring (bicyclic) bond motifs is 1. The molecule has 3 nitrogen and oxygen atoms in total. The van der Waals surface area contributed by atoms with Gasteiger partial charge in [-0.25, -0.2) is 0 Å². The van der Waals surface area contributed by atoms with E-state index in [9.17, 15) is 4.79 Å². The van der Waals surface area contributed by atoms with Gasteiger partial charge in [0.2, 0.25) is 0 Å². The standard InChI is InChI=1S/C23H25ClN2O/c1-15-20(4-2-5-21(15)24)23(11-3-12-23)25-17-7-6-16-10-13-26(18-8-9-18)22(27)19(16)14-17/h2,4-7,14,18,25H,3,8-13H2,1H3. The van der Waals surface area contributed by atoms with Gasteiger partial charge in [-0.15, -0.1) is 0 Å². The van der Waals surface area contributed by atoms with Gasteiger partial charge in [0.25, 0.3) is 5.91 Å². The molecule has 1 amide bonds.